The Morgan fingerprint density at radius 2 is 1.93 bits per heavy atom. The highest BCUT2D eigenvalue weighted by atomic mass is 19.4. The molecule has 29 heavy (non-hydrogen) atoms. The molecule has 3 aromatic rings. The summed E-state index contributed by atoms with van der Waals surface area (Å²) in [6.45, 7) is 2.48. The lowest BCUT2D eigenvalue weighted by atomic mass is 10.1. The zero-order valence-electron chi connectivity index (χ0n) is 15.7. The standard InChI is InChI=1S/C21H20F3N3O2/c1-2-3-8-29-19-12-17(16-6-4-5-7-18(16)27-19)20(28)26-15-10-13(21(22,23)24)9-14(25)11-15/h4-7,9-12H,2-3,8,25H2,1H3,(H,26,28). The highest BCUT2D eigenvalue weighted by Crippen LogP contribution is 2.33. The van der Waals surface area contributed by atoms with Gasteiger partial charge in [-0.05, 0) is 30.7 Å². The van der Waals surface area contributed by atoms with E-state index in [1.165, 1.54) is 12.1 Å². The van der Waals surface area contributed by atoms with Crippen LogP contribution in [-0.2, 0) is 6.18 Å². The van der Waals surface area contributed by atoms with E-state index in [9.17, 15) is 18.0 Å². The third-order valence-electron chi connectivity index (χ3n) is 4.23. The highest BCUT2D eigenvalue weighted by Gasteiger charge is 2.31. The van der Waals surface area contributed by atoms with E-state index in [1.54, 1.807) is 24.3 Å². The highest BCUT2D eigenvalue weighted by molar-refractivity contribution is 6.12. The number of benzene rings is 2. The Hall–Kier alpha value is -3.29. The van der Waals surface area contributed by atoms with Crippen molar-refractivity contribution in [2.24, 2.45) is 0 Å². The van der Waals surface area contributed by atoms with Crippen LogP contribution in [0.25, 0.3) is 10.9 Å². The summed E-state index contributed by atoms with van der Waals surface area (Å²) >= 11 is 0. The quantitative estimate of drug-likeness (QED) is 0.434. The smallest absolute Gasteiger partial charge is 0.416 e. The fourth-order valence-corrected chi connectivity index (χ4v) is 2.82. The number of pyridine rings is 1. The average molecular weight is 403 g/mol. The number of anilines is 2. The Morgan fingerprint density at radius 1 is 1.17 bits per heavy atom. The lowest BCUT2D eigenvalue weighted by Gasteiger charge is -2.13. The maximum Gasteiger partial charge on any atom is 0.416 e. The van der Waals surface area contributed by atoms with Crippen LogP contribution in [0.4, 0.5) is 24.5 Å². The summed E-state index contributed by atoms with van der Waals surface area (Å²) in [6.07, 6.45) is -2.80. The first-order valence-electron chi connectivity index (χ1n) is 9.09. The second kappa shape index (κ2) is 8.38. The first-order chi connectivity index (χ1) is 13.8. The van der Waals surface area contributed by atoms with E-state index in [-0.39, 0.29) is 22.8 Å². The van der Waals surface area contributed by atoms with Crippen molar-refractivity contribution in [2.75, 3.05) is 17.7 Å². The van der Waals surface area contributed by atoms with Crippen LogP contribution in [0.5, 0.6) is 5.88 Å². The summed E-state index contributed by atoms with van der Waals surface area (Å²) in [6, 6.07) is 11.4. The second-order valence-corrected chi connectivity index (χ2v) is 6.52. The number of rotatable bonds is 6. The van der Waals surface area contributed by atoms with Crippen molar-refractivity contribution in [3.63, 3.8) is 0 Å². The molecule has 0 unspecified atom stereocenters. The van der Waals surface area contributed by atoms with E-state index >= 15 is 0 Å². The molecule has 3 rings (SSSR count). The molecule has 0 radical (unpaired) electrons. The number of alkyl halides is 3. The van der Waals surface area contributed by atoms with Crippen LogP contribution < -0.4 is 15.8 Å². The van der Waals surface area contributed by atoms with Crippen LogP contribution in [0, 0.1) is 0 Å². The van der Waals surface area contributed by atoms with E-state index in [0.717, 1.165) is 25.0 Å². The first kappa shape index (κ1) is 20.4. The number of nitrogen functional groups attached to an aromatic ring is 1. The van der Waals surface area contributed by atoms with Gasteiger partial charge in [0.2, 0.25) is 5.88 Å². The van der Waals surface area contributed by atoms with E-state index in [1.807, 2.05) is 6.92 Å². The summed E-state index contributed by atoms with van der Waals surface area (Å²) in [7, 11) is 0. The molecule has 152 valence electrons. The molecule has 0 aliphatic rings. The third-order valence-corrected chi connectivity index (χ3v) is 4.23. The number of carbonyl (C=O) groups is 1. The molecule has 2 aromatic carbocycles. The Morgan fingerprint density at radius 3 is 2.66 bits per heavy atom. The zero-order chi connectivity index (χ0) is 21.0. The van der Waals surface area contributed by atoms with Crippen molar-refractivity contribution < 1.29 is 22.7 Å². The van der Waals surface area contributed by atoms with Crippen molar-refractivity contribution in [1.29, 1.82) is 0 Å². The molecule has 1 aromatic heterocycles. The molecular formula is C21H20F3N3O2. The van der Waals surface area contributed by atoms with Gasteiger partial charge in [-0.2, -0.15) is 13.2 Å². The SMILES string of the molecule is CCCCOc1cc(C(=O)Nc2cc(N)cc(C(F)(F)F)c2)c2ccccc2n1. The van der Waals surface area contributed by atoms with Crippen molar-refractivity contribution >= 4 is 28.2 Å². The lowest BCUT2D eigenvalue weighted by Crippen LogP contribution is -2.15. The number of nitrogens with zero attached hydrogens (tertiary/aromatic N) is 1. The molecule has 1 amide bonds. The molecule has 0 saturated heterocycles. The summed E-state index contributed by atoms with van der Waals surface area (Å²) in [5.41, 5.74) is 5.29. The maximum atomic E-state index is 13.0. The van der Waals surface area contributed by atoms with Gasteiger partial charge in [-0.3, -0.25) is 4.79 Å². The lowest BCUT2D eigenvalue weighted by molar-refractivity contribution is -0.137. The van der Waals surface area contributed by atoms with Gasteiger partial charge in [0.05, 0.1) is 23.3 Å². The molecule has 0 bridgehead atoms. The van der Waals surface area contributed by atoms with Crippen LogP contribution >= 0.6 is 0 Å². The summed E-state index contributed by atoms with van der Waals surface area (Å²) in [4.78, 5) is 17.3. The first-order valence-corrected chi connectivity index (χ1v) is 9.09. The molecule has 5 nitrogen and oxygen atoms in total. The zero-order valence-corrected chi connectivity index (χ0v) is 15.7. The topological polar surface area (TPSA) is 77.2 Å². The van der Waals surface area contributed by atoms with E-state index in [2.05, 4.69) is 10.3 Å². The van der Waals surface area contributed by atoms with Crippen LogP contribution in [-0.4, -0.2) is 17.5 Å². The third kappa shape index (κ3) is 4.96. The summed E-state index contributed by atoms with van der Waals surface area (Å²) in [5.74, 6) is -0.298. The molecule has 3 N–H and O–H groups in total. The maximum absolute atomic E-state index is 13.0. The number of nitrogens with one attached hydrogen (secondary N) is 1. The molecule has 0 saturated carbocycles. The van der Waals surface area contributed by atoms with E-state index in [0.29, 0.717) is 17.5 Å². The van der Waals surface area contributed by atoms with Crippen LogP contribution in [0.1, 0.15) is 35.7 Å². The van der Waals surface area contributed by atoms with Crippen LogP contribution in [0.3, 0.4) is 0 Å². The number of nitrogens with two attached hydrogens (primary N) is 1. The Bertz CT molecular complexity index is 1040. The molecule has 0 fully saturated rings. The van der Waals surface area contributed by atoms with E-state index in [4.69, 9.17) is 10.5 Å². The van der Waals surface area contributed by atoms with Crippen molar-refractivity contribution in [3.05, 3.63) is 59.7 Å². The Balaban J connectivity index is 1.95. The van der Waals surface area contributed by atoms with Crippen LogP contribution in [0.15, 0.2) is 48.5 Å². The molecular weight excluding hydrogens is 383 g/mol. The Labute approximate surface area is 165 Å². The van der Waals surface area contributed by atoms with Gasteiger partial charge in [0, 0.05) is 22.8 Å². The van der Waals surface area contributed by atoms with Gasteiger partial charge in [-0.15, -0.1) is 0 Å². The fraction of sp³-hybridized carbons (Fsp3) is 0.238. The average Bonchev–Trinajstić information content (AvgIpc) is 2.66. The van der Waals surface area contributed by atoms with Gasteiger partial charge in [-0.25, -0.2) is 4.98 Å². The molecule has 0 atom stereocenters. The summed E-state index contributed by atoms with van der Waals surface area (Å²) < 4.78 is 44.7. The molecule has 0 aliphatic heterocycles. The predicted molar refractivity (Wildman–Crippen MR) is 106 cm³/mol. The van der Waals surface area contributed by atoms with Crippen molar-refractivity contribution in [1.82, 2.24) is 4.98 Å². The van der Waals surface area contributed by atoms with Gasteiger partial charge in [-0.1, -0.05) is 31.5 Å². The monoisotopic (exact) mass is 403 g/mol. The summed E-state index contributed by atoms with van der Waals surface area (Å²) in [5, 5.41) is 3.06. The van der Waals surface area contributed by atoms with E-state index < -0.39 is 17.6 Å². The largest absolute Gasteiger partial charge is 0.478 e. The molecule has 8 heteroatoms. The van der Waals surface area contributed by atoms with Gasteiger partial charge in [0.15, 0.2) is 0 Å². The molecule has 0 spiro atoms. The normalized spacial score (nSPS) is 11.4. The number of para-hydroxylation sites is 1. The number of ether oxygens (including phenoxy) is 1. The van der Waals surface area contributed by atoms with Gasteiger partial charge in [0.1, 0.15) is 0 Å². The number of halogens is 3. The number of unbranched alkanes of at least 4 members (excludes halogenated alkanes) is 1. The minimum atomic E-state index is -4.57. The van der Waals surface area contributed by atoms with Crippen molar-refractivity contribution in [3.8, 4) is 5.88 Å². The minimum Gasteiger partial charge on any atom is -0.478 e. The van der Waals surface area contributed by atoms with Gasteiger partial charge < -0.3 is 15.8 Å². The number of fused-ring (bicyclic) bond motifs is 1. The van der Waals surface area contributed by atoms with Gasteiger partial charge >= 0.3 is 6.18 Å². The number of aromatic nitrogens is 1. The number of carbonyl (C=O) groups excluding carboxylic acids is 1. The fourth-order valence-electron chi connectivity index (χ4n) is 2.82. The van der Waals surface area contributed by atoms with Gasteiger partial charge in [0.25, 0.3) is 5.91 Å². The number of amides is 1. The van der Waals surface area contributed by atoms with Crippen LogP contribution in [0.2, 0.25) is 0 Å². The van der Waals surface area contributed by atoms with Crippen molar-refractivity contribution in [2.45, 2.75) is 25.9 Å². The predicted octanol–water partition coefficient (Wildman–Crippen LogP) is 5.27. The Kier molecular flexibility index (Phi) is 5.91. The minimum absolute atomic E-state index is 0.0448. The number of hydrogen-bond acceptors (Lipinski definition) is 4. The second-order valence-electron chi connectivity index (χ2n) is 6.52. The molecule has 1 heterocycles. The molecule has 0 aliphatic carbocycles. The number of hydrogen-bond donors (Lipinski definition) is 2.